The molecule has 76 valence electrons. The topological polar surface area (TPSA) is 12.5 Å². The number of alkyl halides is 1. The summed E-state index contributed by atoms with van der Waals surface area (Å²) in [6.45, 7) is 4.99. The highest BCUT2D eigenvalue weighted by Gasteiger charge is 2.23. The molecule has 1 aliphatic rings. The molecule has 2 nitrogen and oxygen atoms in total. The van der Waals surface area contributed by atoms with E-state index in [9.17, 15) is 0 Å². The molecule has 4 heteroatoms. The van der Waals surface area contributed by atoms with Crippen molar-refractivity contribution in [3.05, 3.63) is 11.6 Å². The zero-order valence-corrected chi connectivity index (χ0v) is 10.1. The average Bonchev–Trinajstić information content (AvgIpc) is 2.14. The van der Waals surface area contributed by atoms with Gasteiger partial charge in [0.1, 0.15) is 0 Å². The molecule has 2 unspecified atom stereocenters. The monoisotopic (exact) mass is 267 g/mol. The molecule has 2 atom stereocenters. The molecule has 13 heavy (non-hydrogen) atoms. The van der Waals surface area contributed by atoms with Crippen LogP contribution in [0.15, 0.2) is 11.6 Å². The van der Waals surface area contributed by atoms with Crippen molar-refractivity contribution in [1.82, 2.24) is 4.90 Å². The van der Waals surface area contributed by atoms with Gasteiger partial charge in [0.15, 0.2) is 0 Å². The van der Waals surface area contributed by atoms with Crippen LogP contribution < -0.4 is 0 Å². The van der Waals surface area contributed by atoms with Crippen molar-refractivity contribution in [2.45, 2.75) is 19.1 Å². The first kappa shape index (κ1) is 11.5. The molecule has 0 amide bonds. The molecular weight excluding hydrogens is 253 g/mol. The molecule has 1 saturated heterocycles. The third kappa shape index (κ3) is 3.98. The van der Waals surface area contributed by atoms with Crippen molar-refractivity contribution in [3.8, 4) is 0 Å². The second kappa shape index (κ2) is 6.02. The van der Waals surface area contributed by atoms with Gasteiger partial charge in [-0.15, -0.1) is 0 Å². The van der Waals surface area contributed by atoms with Gasteiger partial charge in [0.25, 0.3) is 0 Å². The maximum atomic E-state index is 5.70. The van der Waals surface area contributed by atoms with E-state index in [-0.39, 0.29) is 0 Å². The highest BCUT2D eigenvalue weighted by atomic mass is 79.9. The van der Waals surface area contributed by atoms with Crippen LogP contribution in [0.5, 0.6) is 0 Å². The minimum atomic E-state index is 0.312. The van der Waals surface area contributed by atoms with Gasteiger partial charge in [-0.2, -0.15) is 0 Å². The van der Waals surface area contributed by atoms with E-state index in [2.05, 4.69) is 27.8 Å². The molecule has 0 bridgehead atoms. The Morgan fingerprint density at radius 1 is 1.62 bits per heavy atom. The lowest BCUT2D eigenvalue weighted by Gasteiger charge is -2.35. The molecular formula is C9H15BrClNO. The smallest absolute Gasteiger partial charge is 0.0802 e. The second-order valence-electron chi connectivity index (χ2n) is 3.30. The lowest BCUT2D eigenvalue weighted by atomic mass is 10.2. The van der Waals surface area contributed by atoms with Gasteiger partial charge < -0.3 is 4.74 Å². The highest BCUT2D eigenvalue weighted by molar-refractivity contribution is 9.09. The van der Waals surface area contributed by atoms with Crippen LogP contribution in [0.25, 0.3) is 0 Å². The Morgan fingerprint density at radius 2 is 2.38 bits per heavy atom. The van der Waals surface area contributed by atoms with Gasteiger partial charge >= 0.3 is 0 Å². The van der Waals surface area contributed by atoms with Crippen molar-refractivity contribution in [2.24, 2.45) is 0 Å². The van der Waals surface area contributed by atoms with Crippen molar-refractivity contribution in [1.29, 1.82) is 0 Å². The number of ether oxygens (including phenoxy) is 1. The van der Waals surface area contributed by atoms with E-state index in [1.54, 1.807) is 5.54 Å². The molecule has 0 radical (unpaired) electrons. The van der Waals surface area contributed by atoms with E-state index in [1.807, 2.05) is 6.08 Å². The van der Waals surface area contributed by atoms with Crippen LogP contribution in [-0.2, 0) is 4.74 Å². The summed E-state index contributed by atoms with van der Waals surface area (Å²) >= 11 is 8.92. The summed E-state index contributed by atoms with van der Waals surface area (Å²) < 4.78 is 5.70. The van der Waals surface area contributed by atoms with Gasteiger partial charge in [-0.3, -0.25) is 4.90 Å². The van der Waals surface area contributed by atoms with Crippen LogP contribution in [0, 0.1) is 0 Å². The van der Waals surface area contributed by atoms with E-state index in [4.69, 9.17) is 16.3 Å². The fraction of sp³-hybridized carbons (Fsp3) is 0.778. The number of nitrogens with zero attached hydrogens (tertiary/aromatic N) is 1. The number of morpholine rings is 1. The first-order valence-corrected chi connectivity index (χ1v) is 6.01. The standard InChI is InChI=1S/C9H15BrClNO/c1-8-6-12(4-2-3-11)7-9(5-10)13-8/h2-3,8-9H,4-7H2,1H3/b3-2+. The predicted octanol–water partition coefficient (Wildman–Crippen LogP) is 2.22. The van der Waals surface area contributed by atoms with E-state index in [0.717, 1.165) is 25.0 Å². The van der Waals surface area contributed by atoms with Crippen molar-refractivity contribution in [3.63, 3.8) is 0 Å². The second-order valence-corrected chi connectivity index (χ2v) is 4.20. The maximum Gasteiger partial charge on any atom is 0.0802 e. The van der Waals surface area contributed by atoms with Crippen molar-refractivity contribution < 1.29 is 4.74 Å². The van der Waals surface area contributed by atoms with Crippen molar-refractivity contribution in [2.75, 3.05) is 25.0 Å². The van der Waals surface area contributed by atoms with Crippen LogP contribution in [-0.4, -0.2) is 42.1 Å². The number of halogens is 2. The van der Waals surface area contributed by atoms with Crippen LogP contribution >= 0.6 is 27.5 Å². The molecule has 0 aromatic rings. The average molecular weight is 269 g/mol. The lowest BCUT2D eigenvalue weighted by Crippen LogP contribution is -2.47. The summed E-state index contributed by atoms with van der Waals surface area (Å²) in [6.07, 6.45) is 2.60. The molecule has 1 fully saturated rings. The Balaban J connectivity index is 2.37. The van der Waals surface area contributed by atoms with Crippen LogP contribution in [0.1, 0.15) is 6.92 Å². The minimum absolute atomic E-state index is 0.312. The first-order chi connectivity index (χ1) is 6.26. The van der Waals surface area contributed by atoms with E-state index in [1.165, 1.54) is 0 Å². The molecule has 0 saturated carbocycles. The normalized spacial score (nSPS) is 31.3. The van der Waals surface area contributed by atoms with Crippen LogP contribution in [0.3, 0.4) is 0 Å². The molecule has 0 N–H and O–H groups in total. The van der Waals surface area contributed by atoms with E-state index >= 15 is 0 Å². The summed E-state index contributed by atoms with van der Waals surface area (Å²) in [5, 5.41) is 0.901. The summed E-state index contributed by atoms with van der Waals surface area (Å²) in [6, 6.07) is 0. The molecule has 0 aromatic carbocycles. The van der Waals surface area contributed by atoms with Crippen LogP contribution in [0.4, 0.5) is 0 Å². The largest absolute Gasteiger partial charge is 0.372 e. The molecule has 0 spiro atoms. The van der Waals surface area contributed by atoms with Gasteiger partial charge in [-0.05, 0) is 6.92 Å². The molecule has 0 aromatic heterocycles. The summed E-state index contributed by atoms with van der Waals surface area (Å²) in [7, 11) is 0. The minimum Gasteiger partial charge on any atom is -0.372 e. The molecule has 1 aliphatic heterocycles. The zero-order chi connectivity index (χ0) is 9.68. The summed E-state index contributed by atoms with van der Waals surface area (Å²) in [5.41, 5.74) is 1.57. The third-order valence-electron chi connectivity index (χ3n) is 2.03. The van der Waals surface area contributed by atoms with E-state index in [0.29, 0.717) is 12.2 Å². The Labute approximate surface area is 93.0 Å². The Morgan fingerprint density at radius 3 is 3.00 bits per heavy atom. The fourth-order valence-corrected chi connectivity index (χ4v) is 2.00. The van der Waals surface area contributed by atoms with Gasteiger partial charge in [0.2, 0.25) is 0 Å². The maximum absolute atomic E-state index is 5.70. The SMILES string of the molecule is CC1CN(C/C=C/Cl)CC(CBr)O1. The third-order valence-corrected chi connectivity index (χ3v) is 2.93. The summed E-state index contributed by atoms with van der Waals surface area (Å²) in [5.74, 6) is 0. The number of hydrogen-bond donors (Lipinski definition) is 0. The first-order valence-electron chi connectivity index (χ1n) is 4.45. The van der Waals surface area contributed by atoms with Gasteiger partial charge in [-0.25, -0.2) is 0 Å². The fourth-order valence-electron chi connectivity index (χ4n) is 1.56. The molecule has 0 aliphatic carbocycles. The van der Waals surface area contributed by atoms with Gasteiger partial charge in [0.05, 0.1) is 12.2 Å². The Bertz CT molecular complexity index is 177. The van der Waals surface area contributed by atoms with E-state index < -0.39 is 0 Å². The number of rotatable bonds is 3. The highest BCUT2D eigenvalue weighted by Crippen LogP contribution is 2.12. The Hall–Kier alpha value is 0.430. The van der Waals surface area contributed by atoms with Gasteiger partial charge in [-0.1, -0.05) is 33.6 Å². The van der Waals surface area contributed by atoms with Gasteiger partial charge in [0, 0.05) is 30.5 Å². The lowest BCUT2D eigenvalue weighted by molar-refractivity contribution is -0.0618. The predicted molar refractivity (Wildman–Crippen MR) is 59.6 cm³/mol. The van der Waals surface area contributed by atoms with Crippen molar-refractivity contribution >= 4 is 27.5 Å². The zero-order valence-electron chi connectivity index (χ0n) is 7.75. The Kier molecular flexibility index (Phi) is 5.32. The van der Waals surface area contributed by atoms with Crippen LogP contribution in [0.2, 0.25) is 0 Å². The molecule has 1 heterocycles. The quantitative estimate of drug-likeness (QED) is 0.728. The number of hydrogen-bond acceptors (Lipinski definition) is 2. The molecule has 1 rings (SSSR count). The summed E-state index contributed by atoms with van der Waals surface area (Å²) in [4.78, 5) is 2.35.